The highest BCUT2D eigenvalue weighted by Crippen LogP contribution is 2.27. The number of carbonyl (C=O) groups excluding carboxylic acids is 3. The van der Waals surface area contributed by atoms with Gasteiger partial charge in [0.15, 0.2) is 0 Å². The van der Waals surface area contributed by atoms with Gasteiger partial charge < -0.3 is 15.5 Å². The van der Waals surface area contributed by atoms with Crippen LogP contribution in [0.2, 0.25) is 0 Å². The minimum absolute atomic E-state index is 0.0370. The van der Waals surface area contributed by atoms with Crippen LogP contribution in [0.4, 0.5) is 16.2 Å². The van der Waals surface area contributed by atoms with Crippen molar-refractivity contribution < 1.29 is 14.4 Å². The third kappa shape index (κ3) is 4.21. The summed E-state index contributed by atoms with van der Waals surface area (Å²) >= 11 is 0. The van der Waals surface area contributed by atoms with Crippen LogP contribution in [0, 0.1) is 0 Å². The number of carbonyl (C=O) groups is 3. The van der Waals surface area contributed by atoms with Crippen molar-refractivity contribution >= 4 is 29.2 Å². The van der Waals surface area contributed by atoms with Crippen LogP contribution in [0.1, 0.15) is 46.0 Å². The number of benzene rings is 1. The molecule has 0 aliphatic carbocycles. The number of nitrogens with zero attached hydrogens (tertiary/aromatic N) is 2. The lowest BCUT2D eigenvalue weighted by atomic mass is 10.00. The van der Waals surface area contributed by atoms with E-state index in [1.54, 1.807) is 6.92 Å². The van der Waals surface area contributed by atoms with E-state index < -0.39 is 23.4 Å². The van der Waals surface area contributed by atoms with E-state index in [4.69, 9.17) is 0 Å². The fraction of sp³-hybridized carbons (Fsp3) is 0.550. The lowest BCUT2D eigenvalue weighted by Gasteiger charge is -2.26. The van der Waals surface area contributed by atoms with Gasteiger partial charge in [-0.25, -0.2) is 4.79 Å². The molecule has 0 unspecified atom stereocenters. The first-order valence-electron chi connectivity index (χ1n) is 9.98. The molecule has 0 bridgehead atoms. The Morgan fingerprint density at radius 3 is 2.46 bits per heavy atom. The number of anilines is 2. The predicted octanol–water partition coefficient (Wildman–Crippen LogP) is 2.23. The van der Waals surface area contributed by atoms with Gasteiger partial charge in [0, 0.05) is 13.1 Å². The van der Waals surface area contributed by atoms with Crippen LogP contribution in [0.5, 0.6) is 0 Å². The molecule has 152 valence electrons. The van der Waals surface area contributed by atoms with Gasteiger partial charge in [0.2, 0.25) is 0 Å². The molecule has 1 aromatic carbocycles. The molecule has 0 spiro atoms. The largest absolute Gasteiger partial charge is 0.374 e. The van der Waals surface area contributed by atoms with Crippen molar-refractivity contribution in [1.82, 2.24) is 15.8 Å². The van der Waals surface area contributed by atoms with Crippen molar-refractivity contribution in [2.24, 2.45) is 0 Å². The summed E-state index contributed by atoms with van der Waals surface area (Å²) in [6.45, 7) is 5.43. The van der Waals surface area contributed by atoms with Crippen LogP contribution in [0.3, 0.4) is 0 Å². The first kappa shape index (κ1) is 20.0. The number of hydrazine groups is 1. The van der Waals surface area contributed by atoms with Crippen LogP contribution in [0.25, 0.3) is 0 Å². The molecule has 0 saturated carbocycles. The smallest absolute Gasteiger partial charge is 0.344 e. The summed E-state index contributed by atoms with van der Waals surface area (Å²) in [5, 5.41) is 6.53. The Bertz CT molecular complexity index is 745. The second kappa shape index (κ2) is 8.50. The van der Waals surface area contributed by atoms with Crippen molar-refractivity contribution in [2.45, 2.75) is 51.5 Å². The Morgan fingerprint density at radius 2 is 1.82 bits per heavy atom. The topological polar surface area (TPSA) is 93.8 Å². The summed E-state index contributed by atoms with van der Waals surface area (Å²) in [5.41, 5.74) is 3.37. The average molecular weight is 387 g/mol. The Morgan fingerprint density at radius 1 is 1.14 bits per heavy atom. The zero-order valence-electron chi connectivity index (χ0n) is 16.6. The van der Waals surface area contributed by atoms with Crippen molar-refractivity contribution in [3.63, 3.8) is 0 Å². The van der Waals surface area contributed by atoms with E-state index >= 15 is 0 Å². The van der Waals surface area contributed by atoms with E-state index in [0.717, 1.165) is 42.3 Å². The Kier molecular flexibility index (Phi) is 6.06. The van der Waals surface area contributed by atoms with Gasteiger partial charge in [-0.3, -0.25) is 15.0 Å². The van der Waals surface area contributed by atoms with E-state index in [1.807, 2.05) is 25.1 Å². The number of imide groups is 1. The maximum atomic E-state index is 12.4. The van der Waals surface area contributed by atoms with Gasteiger partial charge in [-0.15, -0.1) is 0 Å². The van der Waals surface area contributed by atoms with Crippen LogP contribution < -0.4 is 21.0 Å². The van der Waals surface area contributed by atoms with Gasteiger partial charge >= 0.3 is 6.03 Å². The summed E-state index contributed by atoms with van der Waals surface area (Å²) in [5.74, 6) is -0.896. The second-order valence-corrected chi connectivity index (χ2v) is 7.56. The van der Waals surface area contributed by atoms with Crippen LogP contribution >= 0.6 is 0 Å². The number of nitrogens with one attached hydrogen (secondary N) is 3. The molecule has 8 nitrogen and oxygen atoms in total. The normalized spacial score (nSPS) is 22.6. The molecule has 2 aliphatic rings. The molecule has 1 atom stereocenters. The molecule has 0 radical (unpaired) electrons. The van der Waals surface area contributed by atoms with Crippen LogP contribution in [-0.4, -0.2) is 48.0 Å². The SMILES string of the molecule is CC[C@]1(C)NC(=O)N(NC(=O)CNc2ccccc2N2CCCCCC2)C1=O. The van der Waals surface area contributed by atoms with Crippen molar-refractivity contribution in [1.29, 1.82) is 0 Å². The van der Waals surface area contributed by atoms with E-state index in [9.17, 15) is 14.4 Å². The van der Waals surface area contributed by atoms with Gasteiger partial charge in [-0.1, -0.05) is 31.9 Å². The fourth-order valence-electron chi connectivity index (χ4n) is 3.58. The van der Waals surface area contributed by atoms with Crippen molar-refractivity contribution in [2.75, 3.05) is 29.9 Å². The van der Waals surface area contributed by atoms with E-state index in [2.05, 4.69) is 27.0 Å². The molecular weight excluding hydrogens is 358 g/mol. The lowest BCUT2D eigenvalue weighted by molar-refractivity contribution is -0.138. The van der Waals surface area contributed by atoms with Gasteiger partial charge in [0.05, 0.1) is 17.9 Å². The summed E-state index contributed by atoms with van der Waals surface area (Å²) in [6.07, 6.45) is 5.27. The quantitative estimate of drug-likeness (QED) is 0.651. The second-order valence-electron chi connectivity index (χ2n) is 7.56. The molecular formula is C20H29N5O3. The molecule has 3 rings (SSSR count). The minimum atomic E-state index is -0.975. The van der Waals surface area contributed by atoms with E-state index in [0.29, 0.717) is 6.42 Å². The molecule has 1 aromatic rings. The zero-order chi connectivity index (χ0) is 20.1. The molecule has 2 aliphatic heterocycles. The van der Waals surface area contributed by atoms with Gasteiger partial charge in [-0.2, -0.15) is 5.01 Å². The maximum Gasteiger partial charge on any atom is 0.344 e. The number of para-hydroxylation sites is 2. The van der Waals surface area contributed by atoms with Gasteiger partial charge in [0.25, 0.3) is 11.8 Å². The first-order chi connectivity index (χ1) is 13.4. The number of rotatable bonds is 6. The average Bonchev–Trinajstić information content (AvgIpc) is 2.90. The molecule has 3 N–H and O–H groups in total. The number of hydrogen-bond acceptors (Lipinski definition) is 5. The standard InChI is InChI=1S/C20H29N5O3/c1-3-20(2)18(27)25(19(28)22-20)23-17(26)14-21-15-10-6-7-11-16(15)24-12-8-4-5-9-13-24/h6-7,10-11,21H,3-5,8-9,12-14H2,1-2H3,(H,22,28)(H,23,26)/t20-/m0/s1. The van der Waals surface area contributed by atoms with Gasteiger partial charge in [-0.05, 0) is 38.3 Å². The van der Waals surface area contributed by atoms with Crippen LogP contribution in [0.15, 0.2) is 24.3 Å². The number of amides is 4. The highest BCUT2D eigenvalue weighted by molar-refractivity contribution is 6.07. The molecule has 0 aromatic heterocycles. The van der Waals surface area contributed by atoms with E-state index in [-0.39, 0.29) is 6.54 Å². The number of urea groups is 1. The predicted molar refractivity (Wildman–Crippen MR) is 108 cm³/mol. The molecule has 2 fully saturated rings. The number of hydrogen-bond donors (Lipinski definition) is 3. The Labute approximate surface area is 165 Å². The Balaban J connectivity index is 1.61. The monoisotopic (exact) mass is 387 g/mol. The highest BCUT2D eigenvalue weighted by atomic mass is 16.2. The molecule has 28 heavy (non-hydrogen) atoms. The maximum absolute atomic E-state index is 12.4. The molecule has 8 heteroatoms. The molecule has 4 amide bonds. The fourth-order valence-corrected chi connectivity index (χ4v) is 3.58. The van der Waals surface area contributed by atoms with Crippen molar-refractivity contribution in [3.05, 3.63) is 24.3 Å². The minimum Gasteiger partial charge on any atom is -0.374 e. The summed E-state index contributed by atoms with van der Waals surface area (Å²) in [7, 11) is 0. The third-order valence-electron chi connectivity index (χ3n) is 5.49. The lowest BCUT2D eigenvalue weighted by Crippen LogP contribution is -2.50. The van der Waals surface area contributed by atoms with E-state index in [1.165, 1.54) is 12.8 Å². The zero-order valence-corrected chi connectivity index (χ0v) is 16.6. The third-order valence-corrected chi connectivity index (χ3v) is 5.49. The van der Waals surface area contributed by atoms with Crippen LogP contribution in [-0.2, 0) is 9.59 Å². The molecule has 2 heterocycles. The Hall–Kier alpha value is -2.77. The summed E-state index contributed by atoms with van der Waals surface area (Å²) < 4.78 is 0. The van der Waals surface area contributed by atoms with Crippen molar-refractivity contribution in [3.8, 4) is 0 Å². The highest BCUT2D eigenvalue weighted by Gasteiger charge is 2.47. The summed E-state index contributed by atoms with van der Waals surface area (Å²) in [6, 6.07) is 7.30. The first-order valence-corrected chi connectivity index (χ1v) is 9.98. The van der Waals surface area contributed by atoms with Gasteiger partial charge in [0.1, 0.15) is 5.54 Å². The molecule has 2 saturated heterocycles. The summed E-state index contributed by atoms with van der Waals surface area (Å²) in [4.78, 5) is 39.1.